The zero-order chi connectivity index (χ0) is 12.9. The molecular weight excluding hydrogens is 232 g/mol. The van der Waals surface area contributed by atoms with Crippen molar-refractivity contribution < 1.29 is 0 Å². The van der Waals surface area contributed by atoms with E-state index in [1.165, 1.54) is 36.8 Å². The Kier molecular flexibility index (Phi) is 3.99. The summed E-state index contributed by atoms with van der Waals surface area (Å²) in [5, 5.41) is 3.68. The second-order valence-electron chi connectivity index (χ2n) is 5.56. The van der Waals surface area contributed by atoms with Crippen LogP contribution in [0, 0.1) is 0 Å². The minimum atomic E-state index is 0.690. The highest BCUT2D eigenvalue weighted by molar-refractivity contribution is 5.20. The molecule has 1 aliphatic carbocycles. The molecule has 3 rings (SSSR count). The molecule has 1 aromatic carbocycles. The fourth-order valence-electron chi connectivity index (χ4n) is 3.09. The maximum absolute atomic E-state index is 3.68. The van der Waals surface area contributed by atoms with Gasteiger partial charge in [0, 0.05) is 25.0 Å². The third-order valence-electron chi connectivity index (χ3n) is 4.26. The Hall–Kier alpha value is -1.54. The standard InChI is InChI=1S/C17H22N2/c1-2-4-15(5-3-1)16-6-8-17(9-7-16)19-13-14-10-11-18-12-14/h1-5,10-12,16-19H,6-9,13H2. The van der Waals surface area contributed by atoms with Crippen molar-refractivity contribution in [3.8, 4) is 0 Å². The Bertz CT molecular complexity index is 467. The van der Waals surface area contributed by atoms with Gasteiger partial charge in [0.1, 0.15) is 0 Å². The van der Waals surface area contributed by atoms with Gasteiger partial charge in [0.2, 0.25) is 0 Å². The van der Waals surface area contributed by atoms with E-state index in [2.05, 4.69) is 52.9 Å². The summed E-state index contributed by atoms with van der Waals surface area (Å²) in [6.45, 7) is 0.990. The first-order valence-electron chi connectivity index (χ1n) is 7.32. The quantitative estimate of drug-likeness (QED) is 0.852. The van der Waals surface area contributed by atoms with Crippen molar-refractivity contribution in [2.24, 2.45) is 0 Å². The molecule has 0 amide bonds. The molecule has 0 unspecified atom stereocenters. The summed E-state index contributed by atoms with van der Waals surface area (Å²) in [5.74, 6) is 0.770. The smallest absolute Gasteiger partial charge is 0.0223 e. The molecule has 19 heavy (non-hydrogen) atoms. The monoisotopic (exact) mass is 254 g/mol. The van der Waals surface area contributed by atoms with E-state index in [-0.39, 0.29) is 0 Å². The van der Waals surface area contributed by atoms with Gasteiger partial charge < -0.3 is 10.3 Å². The van der Waals surface area contributed by atoms with Crippen LogP contribution in [0.5, 0.6) is 0 Å². The molecule has 1 heterocycles. The van der Waals surface area contributed by atoms with Crippen LogP contribution < -0.4 is 5.32 Å². The average Bonchev–Trinajstić information content (AvgIpc) is 3.00. The Morgan fingerprint density at radius 3 is 2.47 bits per heavy atom. The lowest BCUT2D eigenvalue weighted by Crippen LogP contribution is -2.32. The van der Waals surface area contributed by atoms with Crippen LogP contribution in [0.2, 0.25) is 0 Å². The van der Waals surface area contributed by atoms with Gasteiger partial charge in [-0.2, -0.15) is 0 Å². The second kappa shape index (κ2) is 6.07. The number of benzene rings is 1. The largest absolute Gasteiger partial charge is 0.367 e. The Morgan fingerprint density at radius 2 is 1.79 bits per heavy atom. The number of H-pyrrole nitrogens is 1. The van der Waals surface area contributed by atoms with E-state index < -0.39 is 0 Å². The molecule has 0 saturated heterocycles. The summed E-state index contributed by atoms with van der Waals surface area (Å²) in [5.41, 5.74) is 2.87. The molecule has 1 fully saturated rings. The van der Waals surface area contributed by atoms with Crippen molar-refractivity contribution in [3.63, 3.8) is 0 Å². The summed E-state index contributed by atoms with van der Waals surface area (Å²) in [6.07, 6.45) is 9.28. The molecule has 1 aliphatic rings. The van der Waals surface area contributed by atoms with Crippen LogP contribution in [0.25, 0.3) is 0 Å². The Labute approximate surface area is 115 Å². The SMILES string of the molecule is c1ccc(C2CCC(NCc3cc[nH]c3)CC2)cc1. The van der Waals surface area contributed by atoms with E-state index in [0.29, 0.717) is 6.04 Å². The minimum absolute atomic E-state index is 0.690. The Morgan fingerprint density at radius 1 is 1.00 bits per heavy atom. The lowest BCUT2D eigenvalue weighted by atomic mass is 9.82. The third-order valence-corrected chi connectivity index (χ3v) is 4.26. The van der Waals surface area contributed by atoms with Gasteiger partial charge in [-0.3, -0.25) is 0 Å². The molecule has 2 aromatic rings. The van der Waals surface area contributed by atoms with Crippen LogP contribution in [0.3, 0.4) is 0 Å². The van der Waals surface area contributed by atoms with Crippen LogP contribution in [0.4, 0.5) is 0 Å². The predicted octanol–water partition coefficient (Wildman–Crippen LogP) is 3.83. The highest BCUT2D eigenvalue weighted by Gasteiger charge is 2.21. The molecule has 0 aliphatic heterocycles. The van der Waals surface area contributed by atoms with Crippen LogP contribution in [0.15, 0.2) is 48.8 Å². The summed E-state index contributed by atoms with van der Waals surface area (Å²) >= 11 is 0. The van der Waals surface area contributed by atoms with E-state index in [1.807, 2.05) is 6.20 Å². The van der Waals surface area contributed by atoms with Crippen molar-refractivity contribution >= 4 is 0 Å². The van der Waals surface area contributed by atoms with Crippen molar-refractivity contribution in [2.45, 2.75) is 44.2 Å². The first-order valence-corrected chi connectivity index (χ1v) is 7.32. The lowest BCUT2D eigenvalue weighted by Gasteiger charge is -2.29. The molecule has 1 aromatic heterocycles. The number of rotatable bonds is 4. The highest BCUT2D eigenvalue weighted by Crippen LogP contribution is 2.32. The van der Waals surface area contributed by atoms with Crippen molar-refractivity contribution in [1.82, 2.24) is 10.3 Å². The summed E-state index contributed by atoms with van der Waals surface area (Å²) in [6, 6.07) is 13.8. The van der Waals surface area contributed by atoms with Crippen LogP contribution in [-0.4, -0.2) is 11.0 Å². The molecule has 0 atom stereocenters. The number of nitrogens with one attached hydrogen (secondary N) is 2. The number of hydrogen-bond donors (Lipinski definition) is 2. The maximum atomic E-state index is 3.68. The van der Waals surface area contributed by atoms with Gasteiger partial charge in [0.15, 0.2) is 0 Å². The third kappa shape index (κ3) is 3.27. The Balaban J connectivity index is 1.47. The number of aromatic amines is 1. The van der Waals surface area contributed by atoms with E-state index in [9.17, 15) is 0 Å². The van der Waals surface area contributed by atoms with Crippen LogP contribution in [0.1, 0.15) is 42.7 Å². The zero-order valence-electron chi connectivity index (χ0n) is 11.3. The summed E-state index contributed by atoms with van der Waals surface area (Å²) in [4.78, 5) is 3.11. The molecule has 0 radical (unpaired) electrons. The van der Waals surface area contributed by atoms with E-state index in [0.717, 1.165) is 12.5 Å². The number of hydrogen-bond acceptors (Lipinski definition) is 1. The van der Waals surface area contributed by atoms with Gasteiger partial charge >= 0.3 is 0 Å². The van der Waals surface area contributed by atoms with Gasteiger partial charge in [-0.25, -0.2) is 0 Å². The lowest BCUT2D eigenvalue weighted by molar-refractivity contribution is 0.341. The topological polar surface area (TPSA) is 27.8 Å². The molecule has 0 bridgehead atoms. The molecule has 2 nitrogen and oxygen atoms in total. The molecule has 0 spiro atoms. The van der Waals surface area contributed by atoms with Crippen molar-refractivity contribution in [3.05, 3.63) is 59.9 Å². The first-order chi connectivity index (χ1) is 9.42. The van der Waals surface area contributed by atoms with Crippen molar-refractivity contribution in [1.29, 1.82) is 0 Å². The van der Waals surface area contributed by atoms with Gasteiger partial charge in [-0.05, 0) is 48.8 Å². The minimum Gasteiger partial charge on any atom is -0.367 e. The second-order valence-corrected chi connectivity index (χ2v) is 5.56. The predicted molar refractivity (Wildman–Crippen MR) is 79.1 cm³/mol. The normalized spacial score (nSPS) is 23.4. The molecule has 1 saturated carbocycles. The van der Waals surface area contributed by atoms with Gasteiger partial charge in [0.25, 0.3) is 0 Å². The molecular formula is C17H22N2. The van der Waals surface area contributed by atoms with Gasteiger partial charge in [0.05, 0.1) is 0 Å². The fraction of sp³-hybridized carbons (Fsp3) is 0.412. The van der Waals surface area contributed by atoms with E-state index >= 15 is 0 Å². The highest BCUT2D eigenvalue weighted by atomic mass is 14.9. The van der Waals surface area contributed by atoms with Crippen molar-refractivity contribution in [2.75, 3.05) is 0 Å². The molecule has 2 N–H and O–H groups in total. The first kappa shape index (κ1) is 12.5. The van der Waals surface area contributed by atoms with Crippen LogP contribution >= 0.6 is 0 Å². The van der Waals surface area contributed by atoms with Crippen LogP contribution in [-0.2, 0) is 6.54 Å². The van der Waals surface area contributed by atoms with Gasteiger partial charge in [-0.1, -0.05) is 30.3 Å². The average molecular weight is 254 g/mol. The number of aromatic nitrogens is 1. The summed E-state index contributed by atoms with van der Waals surface area (Å²) in [7, 11) is 0. The summed E-state index contributed by atoms with van der Waals surface area (Å²) < 4.78 is 0. The van der Waals surface area contributed by atoms with E-state index in [1.54, 1.807) is 0 Å². The van der Waals surface area contributed by atoms with E-state index in [4.69, 9.17) is 0 Å². The molecule has 100 valence electrons. The van der Waals surface area contributed by atoms with Gasteiger partial charge in [-0.15, -0.1) is 0 Å². The molecule has 2 heteroatoms. The fourth-order valence-corrected chi connectivity index (χ4v) is 3.09. The zero-order valence-corrected chi connectivity index (χ0v) is 11.3. The maximum Gasteiger partial charge on any atom is 0.0223 e.